The van der Waals surface area contributed by atoms with Crippen molar-refractivity contribution in [2.75, 3.05) is 18.0 Å². The molecule has 4 rings (SSSR count). The number of fused-ring (bicyclic) bond motifs is 1. The summed E-state index contributed by atoms with van der Waals surface area (Å²) < 4.78 is 60.1. The lowest BCUT2D eigenvalue weighted by atomic mass is 10.00. The van der Waals surface area contributed by atoms with Crippen LogP contribution in [0.25, 0.3) is 0 Å². The second kappa shape index (κ2) is 7.90. The maximum absolute atomic E-state index is 14.2. The Morgan fingerprint density at radius 1 is 1.13 bits per heavy atom. The maximum atomic E-state index is 14.2. The number of benzene rings is 2. The Kier molecular flexibility index (Phi) is 5.58. The van der Waals surface area contributed by atoms with Gasteiger partial charge in [0.1, 0.15) is 23.1 Å². The highest BCUT2D eigenvalue weighted by atomic mass is 79.9. The van der Waals surface area contributed by atoms with Crippen LogP contribution >= 0.6 is 15.9 Å². The monoisotopic (exact) mass is 500 g/mol. The molecule has 0 aliphatic carbocycles. The molecule has 0 N–H and O–H groups in total. The lowest BCUT2D eigenvalue weighted by Crippen LogP contribution is -2.50. The van der Waals surface area contributed by atoms with Crippen LogP contribution in [0.4, 0.5) is 19.3 Å². The summed E-state index contributed by atoms with van der Waals surface area (Å²) in [5.74, 6) is -1.87. The molecule has 0 radical (unpaired) electrons. The molecule has 2 aromatic rings. The van der Waals surface area contributed by atoms with E-state index in [1.165, 1.54) is 0 Å². The van der Waals surface area contributed by atoms with E-state index in [0.717, 1.165) is 27.2 Å². The Hall–Kier alpha value is -2.04. The highest BCUT2D eigenvalue weighted by Gasteiger charge is 2.38. The molecule has 0 unspecified atom stereocenters. The third-order valence-electron chi connectivity index (χ3n) is 5.49. The molecule has 10 heteroatoms. The van der Waals surface area contributed by atoms with E-state index in [-0.39, 0.29) is 30.2 Å². The van der Waals surface area contributed by atoms with E-state index in [1.807, 2.05) is 25.1 Å². The molecular formula is C20H19BrF2N2O4S. The molecule has 1 amide bonds. The third kappa shape index (κ3) is 3.61. The van der Waals surface area contributed by atoms with Gasteiger partial charge in [0.2, 0.25) is 10.0 Å². The number of nitrogens with zero attached hydrogens (tertiary/aromatic N) is 2. The first-order chi connectivity index (χ1) is 14.2. The van der Waals surface area contributed by atoms with Gasteiger partial charge >= 0.3 is 6.09 Å². The topological polar surface area (TPSA) is 66.9 Å². The number of halogens is 3. The standard InChI is InChI=1S/C20H19BrF2N2O4S/c1-12-3-2-4-13-11-29-20(26)25(19(12)13)14-5-7-24(8-6-14)30(27,28)18-10-16(22)15(21)9-17(18)23/h2-4,9-10,14H,5-8,11H2,1H3. The number of amides is 1. The van der Waals surface area contributed by atoms with Crippen LogP contribution in [-0.4, -0.2) is 37.9 Å². The number of aryl methyl sites for hydroxylation is 1. The Balaban J connectivity index is 1.57. The quantitative estimate of drug-likeness (QED) is 0.587. The van der Waals surface area contributed by atoms with E-state index in [1.54, 1.807) is 4.90 Å². The van der Waals surface area contributed by atoms with Crippen LogP contribution in [0.15, 0.2) is 39.7 Å². The van der Waals surface area contributed by atoms with Crippen molar-refractivity contribution in [2.24, 2.45) is 0 Å². The summed E-state index contributed by atoms with van der Waals surface area (Å²) in [4.78, 5) is 13.4. The van der Waals surface area contributed by atoms with Gasteiger partial charge in [-0.1, -0.05) is 18.2 Å². The summed E-state index contributed by atoms with van der Waals surface area (Å²) in [6.45, 7) is 2.27. The van der Waals surface area contributed by atoms with Gasteiger partial charge in [-0.2, -0.15) is 4.31 Å². The minimum Gasteiger partial charge on any atom is -0.444 e. The van der Waals surface area contributed by atoms with E-state index in [9.17, 15) is 22.0 Å². The molecule has 0 aromatic heterocycles. The zero-order chi connectivity index (χ0) is 21.6. The zero-order valence-electron chi connectivity index (χ0n) is 16.1. The van der Waals surface area contributed by atoms with Gasteiger partial charge in [-0.3, -0.25) is 4.90 Å². The second-order valence-electron chi connectivity index (χ2n) is 7.34. The van der Waals surface area contributed by atoms with E-state index < -0.39 is 32.6 Å². The van der Waals surface area contributed by atoms with Crippen LogP contribution in [0, 0.1) is 18.6 Å². The molecule has 1 saturated heterocycles. The summed E-state index contributed by atoms with van der Waals surface area (Å²) in [6.07, 6.45) is 0.241. The van der Waals surface area contributed by atoms with Crippen molar-refractivity contribution in [1.29, 1.82) is 0 Å². The molecule has 2 aromatic carbocycles. The smallest absolute Gasteiger partial charge is 0.414 e. The highest BCUT2D eigenvalue weighted by molar-refractivity contribution is 9.10. The predicted molar refractivity (Wildman–Crippen MR) is 110 cm³/mol. The van der Waals surface area contributed by atoms with Crippen molar-refractivity contribution in [2.45, 2.75) is 37.3 Å². The molecular weight excluding hydrogens is 482 g/mol. The number of para-hydroxylation sites is 1. The number of carbonyl (C=O) groups is 1. The molecule has 0 atom stereocenters. The molecule has 2 aliphatic rings. The zero-order valence-corrected chi connectivity index (χ0v) is 18.5. The van der Waals surface area contributed by atoms with Crippen molar-refractivity contribution in [3.63, 3.8) is 0 Å². The van der Waals surface area contributed by atoms with E-state index in [2.05, 4.69) is 15.9 Å². The minimum atomic E-state index is -4.21. The molecule has 160 valence electrons. The number of sulfonamides is 1. The summed E-state index contributed by atoms with van der Waals surface area (Å²) >= 11 is 2.85. The van der Waals surface area contributed by atoms with Crippen LogP contribution in [0.1, 0.15) is 24.0 Å². The van der Waals surface area contributed by atoms with Crippen LogP contribution in [0.5, 0.6) is 0 Å². The van der Waals surface area contributed by atoms with Gasteiger partial charge in [0.15, 0.2) is 0 Å². The van der Waals surface area contributed by atoms with Gasteiger partial charge < -0.3 is 4.74 Å². The van der Waals surface area contributed by atoms with E-state index >= 15 is 0 Å². The van der Waals surface area contributed by atoms with Gasteiger partial charge in [0.25, 0.3) is 0 Å². The fourth-order valence-electron chi connectivity index (χ4n) is 3.99. The SMILES string of the molecule is Cc1cccc2c1N(C1CCN(S(=O)(=O)c3cc(F)c(Br)cc3F)CC1)C(=O)OC2. The highest BCUT2D eigenvalue weighted by Crippen LogP contribution is 2.35. The lowest BCUT2D eigenvalue weighted by molar-refractivity contribution is 0.135. The average Bonchev–Trinajstić information content (AvgIpc) is 2.71. The number of hydrogen-bond acceptors (Lipinski definition) is 4. The number of rotatable bonds is 3. The number of piperidine rings is 1. The predicted octanol–water partition coefficient (Wildman–Crippen LogP) is 4.35. The summed E-state index contributed by atoms with van der Waals surface area (Å²) in [6, 6.07) is 6.93. The number of carbonyl (C=O) groups excluding carboxylic acids is 1. The summed E-state index contributed by atoms with van der Waals surface area (Å²) in [5.41, 5.74) is 2.64. The normalized spacial score (nSPS) is 18.3. The molecule has 0 bridgehead atoms. The third-order valence-corrected chi connectivity index (χ3v) is 8.01. The van der Waals surface area contributed by atoms with Crippen LogP contribution < -0.4 is 4.90 Å². The Labute approximate surface area is 181 Å². The van der Waals surface area contributed by atoms with Gasteiger partial charge in [-0.25, -0.2) is 22.0 Å². The molecule has 1 fully saturated rings. The average molecular weight is 501 g/mol. The summed E-state index contributed by atoms with van der Waals surface area (Å²) in [5, 5.41) is 0. The van der Waals surface area contributed by atoms with E-state index in [0.29, 0.717) is 18.9 Å². The van der Waals surface area contributed by atoms with Crippen LogP contribution in [0.3, 0.4) is 0 Å². The van der Waals surface area contributed by atoms with Crippen LogP contribution in [0.2, 0.25) is 0 Å². The van der Waals surface area contributed by atoms with Gasteiger partial charge in [-0.05, 0) is 53.4 Å². The van der Waals surface area contributed by atoms with Crippen molar-refractivity contribution < 1.29 is 26.7 Å². The van der Waals surface area contributed by atoms with Crippen molar-refractivity contribution in [1.82, 2.24) is 4.31 Å². The van der Waals surface area contributed by atoms with Gasteiger partial charge in [0, 0.05) is 24.7 Å². The first-order valence-corrected chi connectivity index (χ1v) is 11.6. The Morgan fingerprint density at radius 2 is 1.83 bits per heavy atom. The number of ether oxygens (including phenoxy) is 1. The molecule has 0 saturated carbocycles. The van der Waals surface area contributed by atoms with Crippen LogP contribution in [-0.2, 0) is 21.4 Å². The minimum absolute atomic E-state index is 0.0785. The van der Waals surface area contributed by atoms with Crippen molar-refractivity contribution in [3.05, 3.63) is 57.6 Å². The first-order valence-electron chi connectivity index (χ1n) is 9.39. The Morgan fingerprint density at radius 3 is 2.53 bits per heavy atom. The first kappa shape index (κ1) is 21.2. The molecule has 0 spiro atoms. The number of cyclic esters (lactones) is 1. The molecule has 6 nitrogen and oxygen atoms in total. The van der Waals surface area contributed by atoms with Gasteiger partial charge in [0.05, 0.1) is 10.2 Å². The van der Waals surface area contributed by atoms with E-state index in [4.69, 9.17) is 4.74 Å². The second-order valence-corrected chi connectivity index (χ2v) is 10.1. The van der Waals surface area contributed by atoms with Crippen molar-refractivity contribution >= 4 is 37.7 Å². The number of hydrogen-bond donors (Lipinski definition) is 0. The molecule has 2 heterocycles. The number of anilines is 1. The fourth-order valence-corrected chi connectivity index (χ4v) is 5.84. The van der Waals surface area contributed by atoms with Crippen molar-refractivity contribution in [3.8, 4) is 0 Å². The molecule has 30 heavy (non-hydrogen) atoms. The maximum Gasteiger partial charge on any atom is 0.414 e. The summed E-state index contributed by atoms with van der Waals surface area (Å²) in [7, 11) is -4.21. The lowest BCUT2D eigenvalue weighted by Gasteiger charge is -2.40. The molecule has 2 aliphatic heterocycles. The Bertz CT molecular complexity index is 1120. The largest absolute Gasteiger partial charge is 0.444 e. The van der Waals surface area contributed by atoms with Gasteiger partial charge in [-0.15, -0.1) is 0 Å². The fraction of sp³-hybridized carbons (Fsp3) is 0.350.